The molecular formula is C12H13Cl2N3O3. The number of carbonyl (C=O) groups excluding carboxylic acids is 2. The fraction of sp³-hybridized carbons (Fsp3) is 0.417. The molecule has 0 saturated carbocycles. The monoisotopic (exact) mass is 317 g/mol. The molecule has 0 spiro atoms. The van der Waals surface area contributed by atoms with Crippen molar-refractivity contribution in [2.75, 3.05) is 20.2 Å². The summed E-state index contributed by atoms with van der Waals surface area (Å²) in [5.41, 5.74) is 0.301. The van der Waals surface area contributed by atoms with Crippen LogP contribution in [0.5, 0.6) is 0 Å². The van der Waals surface area contributed by atoms with Gasteiger partial charge in [0.05, 0.1) is 18.7 Å². The van der Waals surface area contributed by atoms with Gasteiger partial charge < -0.3 is 15.0 Å². The number of likely N-dealkylation sites (tertiary alicyclic amines) is 1. The first-order valence-electron chi connectivity index (χ1n) is 5.97. The third-order valence-electron chi connectivity index (χ3n) is 3.03. The van der Waals surface area contributed by atoms with Crippen molar-refractivity contribution in [3.8, 4) is 0 Å². The second-order valence-corrected chi connectivity index (χ2v) is 5.09. The molecule has 20 heavy (non-hydrogen) atoms. The minimum atomic E-state index is -0.504. The lowest BCUT2D eigenvalue weighted by Crippen LogP contribution is -2.38. The predicted octanol–water partition coefficient (Wildman–Crippen LogP) is 1.96. The van der Waals surface area contributed by atoms with E-state index in [9.17, 15) is 9.59 Å². The molecule has 1 fully saturated rings. The maximum Gasteiger partial charge on any atom is 0.407 e. The summed E-state index contributed by atoms with van der Waals surface area (Å²) in [5, 5.41) is 2.97. The molecule has 1 atom stereocenters. The van der Waals surface area contributed by atoms with Crippen LogP contribution in [-0.4, -0.2) is 48.1 Å². The summed E-state index contributed by atoms with van der Waals surface area (Å²) in [6.45, 7) is 0.944. The molecule has 0 aromatic carbocycles. The van der Waals surface area contributed by atoms with Crippen LogP contribution in [0.2, 0.25) is 10.3 Å². The molecule has 8 heteroatoms. The highest BCUT2D eigenvalue weighted by Gasteiger charge is 2.29. The molecule has 1 aliphatic heterocycles. The van der Waals surface area contributed by atoms with Crippen LogP contribution in [0.1, 0.15) is 16.8 Å². The fourth-order valence-electron chi connectivity index (χ4n) is 2.03. The number of hydrogen-bond acceptors (Lipinski definition) is 4. The lowest BCUT2D eigenvalue weighted by atomic mass is 10.2. The average Bonchev–Trinajstić information content (AvgIpc) is 2.86. The van der Waals surface area contributed by atoms with Crippen LogP contribution >= 0.6 is 23.2 Å². The first-order chi connectivity index (χ1) is 9.51. The number of halogens is 2. The van der Waals surface area contributed by atoms with Gasteiger partial charge >= 0.3 is 6.09 Å². The predicted molar refractivity (Wildman–Crippen MR) is 74.1 cm³/mol. The Morgan fingerprint density at radius 1 is 1.45 bits per heavy atom. The Balaban J connectivity index is 2.02. The average molecular weight is 318 g/mol. The highest BCUT2D eigenvalue weighted by Crippen LogP contribution is 2.20. The summed E-state index contributed by atoms with van der Waals surface area (Å²) in [5.74, 6) is -0.228. The maximum absolute atomic E-state index is 12.3. The number of carbonyl (C=O) groups is 2. The van der Waals surface area contributed by atoms with Crippen LogP contribution in [0, 0.1) is 0 Å². The van der Waals surface area contributed by atoms with Gasteiger partial charge in [-0.2, -0.15) is 0 Å². The molecule has 2 amide bonds. The van der Waals surface area contributed by atoms with Crippen molar-refractivity contribution in [2.45, 2.75) is 12.5 Å². The molecule has 6 nitrogen and oxygen atoms in total. The molecule has 0 aliphatic carbocycles. The highest BCUT2D eigenvalue weighted by molar-refractivity contribution is 6.34. The maximum atomic E-state index is 12.3. The van der Waals surface area contributed by atoms with E-state index in [1.165, 1.54) is 13.2 Å². The van der Waals surface area contributed by atoms with Crippen molar-refractivity contribution in [2.24, 2.45) is 0 Å². The van der Waals surface area contributed by atoms with Crippen molar-refractivity contribution in [1.82, 2.24) is 15.2 Å². The van der Waals surface area contributed by atoms with Gasteiger partial charge in [0, 0.05) is 13.1 Å². The first-order valence-corrected chi connectivity index (χ1v) is 6.72. The lowest BCUT2D eigenvalue weighted by Gasteiger charge is -2.17. The lowest BCUT2D eigenvalue weighted by molar-refractivity contribution is 0.0788. The van der Waals surface area contributed by atoms with Gasteiger partial charge in [0.1, 0.15) is 10.3 Å². The van der Waals surface area contributed by atoms with Crippen molar-refractivity contribution in [3.63, 3.8) is 0 Å². The van der Waals surface area contributed by atoms with Gasteiger partial charge in [-0.3, -0.25) is 4.79 Å². The molecule has 2 rings (SSSR count). The third kappa shape index (κ3) is 3.32. The SMILES string of the molecule is COC(=O)NC1CCN(C(=O)c2ccc(Cl)nc2Cl)C1. The molecule has 1 unspecified atom stereocenters. The summed E-state index contributed by atoms with van der Waals surface area (Å²) in [6, 6.07) is 2.94. The van der Waals surface area contributed by atoms with Crippen molar-refractivity contribution < 1.29 is 14.3 Å². The van der Waals surface area contributed by atoms with E-state index in [2.05, 4.69) is 15.0 Å². The second-order valence-electron chi connectivity index (χ2n) is 4.35. The van der Waals surface area contributed by atoms with Crippen molar-refractivity contribution in [1.29, 1.82) is 0 Å². The number of nitrogens with zero attached hydrogens (tertiary/aromatic N) is 2. The van der Waals surface area contributed by atoms with Gasteiger partial charge in [0.25, 0.3) is 5.91 Å². The van der Waals surface area contributed by atoms with E-state index < -0.39 is 6.09 Å². The Kier molecular flexibility index (Phi) is 4.67. The van der Waals surface area contributed by atoms with E-state index in [0.717, 1.165) is 0 Å². The van der Waals surface area contributed by atoms with Gasteiger partial charge in [-0.25, -0.2) is 9.78 Å². The molecule has 108 valence electrons. The third-order valence-corrected chi connectivity index (χ3v) is 3.53. The molecule has 1 aliphatic rings. The topological polar surface area (TPSA) is 71.5 Å². The number of hydrogen-bond donors (Lipinski definition) is 1. The quantitative estimate of drug-likeness (QED) is 0.846. The molecule has 1 saturated heterocycles. The van der Waals surface area contributed by atoms with Gasteiger partial charge in [-0.1, -0.05) is 23.2 Å². The van der Waals surface area contributed by atoms with E-state index in [4.69, 9.17) is 23.2 Å². The molecule has 1 aromatic rings. The van der Waals surface area contributed by atoms with Gasteiger partial charge in [-0.15, -0.1) is 0 Å². The summed E-state index contributed by atoms with van der Waals surface area (Å²) >= 11 is 11.6. The van der Waals surface area contributed by atoms with Gasteiger partial charge in [0.15, 0.2) is 0 Å². The smallest absolute Gasteiger partial charge is 0.407 e. The van der Waals surface area contributed by atoms with Gasteiger partial charge in [0.2, 0.25) is 0 Å². The normalized spacial score (nSPS) is 17.9. The summed E-state index contributed by atoms with van der Waals surface area (Å²) < 4.78 is 4.53. The summed E-state index contributed by atoms with van der Waals surface area (Å²) in [6.07, 6.45) is 0.162. The second kappa shape index (κ2) is 6.28. The van der Waals surface area contributed by atoms with E-state index in [0.29, 0.717) is 25.1 Å². The Bertz CT molecular complexity index is 539. The van der Waals surface area contributed by atoms with Crippen molar-refractivity contribution in [3.05, 3.63) is 28.0 Å². The number of rotatable bonds is 2. The molecule has 2 heterocycles. The Morgan fingerprint density at radius 3 is 2.85 bits per heavy atom. The first kappa shape index (κ1) is 14.9. The zero-order chi connectivity index (χ0) is 14.7. The number of amides is 2. The van der Waals surface area contributed by atoms with E-state index in [1.807, 2.05) is 0 Å². The fourth-order valence-corrected chi connectivity index (χ4v) is 2.46. The largest absolute Gasteiger partial charge is 0.453 e. The Labute approximate surface area is 126 Å². The Hall–Kier alpha value is -1.53. The summed E-state index contributed by atoms with van der Waals surface area (Å²) in [4.78, 5) is 28.9. The minimum absolute atomic E-state index is 0.0758. The minimum Gasteiger partial charge on any atom is -0.453 e. The van der Waals surface area contributed by atoms with Crippen molar-refractivity contribution >= 4 is 35.2 Å². The molecular weight excluding hydrogens is 305 g/mol. The molecule has 0 radical (unpaired) electrons. The molecule has 1 N–H and O–H groups in total. The number of ether oxygens (including phenoxy) is 1. The molecule has 1 aromatic heterocycles. The number of alkyl carbamates (subject to hydrolysis) is 1. The van der Waals surface area contributed by atoms with E-state index in [1.54, 1.807) is 11.0 Å². The zero-order valence-corrected chi connectivity index (χ0v) is 12.2. The number of nitrogens with one attached hydrogen (secondary N) is 1. The van der Waals surface area contributed by atoms with E-state index in [-0.39, 0.29) is 22.3 Å². The number of methoxy groups -OCH3 is 1. The van der Waals surface area contributed by atoms with Crippen LogP contribution in [-0.2, 0) is 4.74 Å². The van der Waals surface area contributed by atoms with Crippen LogP contribution in [0.4, 0.5) is 4.79 Å². The molecule has 0 bridgehead atoms. The van der Waals surface area contributed by atoms with Crippen LogP contribution in [0.15, 0.2) is 12.1 Å². The van der Waals surface area contributed by atoms with E-state index >= 15 is 0 Å². The van der Waals surface area contributed by atoms with Gasteiger partial charge in [-0.05, 0) is 18.6 Å². The highest BCUT2D eigenvalue weighted by atomic mass is 35.5. The standard InChI is InChI=1S/C12H13Cl2N3O3/c1-20-12(19)15-7-4-5-17(6-7)11(18)8-2-3-9(13)16-10(8)14/h2-3,7H,4-6H2,1H3,(H,15,19). The van der Waals surface area contributed by atoms with Crippen LogP contribution < -0.4 is 5.32 Å². The summed E-state index contributed by atoms with van der Waals surface area (Å²) in [7, 11) is 1.30. The zero-order valence-electron chi connectivity index (χ0n) is 10.7. The number of aromatic nitrogens is 1. The Morgan fingerprint density at radius 2 is 2.20 bits per heavy atom. The number of pyridine rings is 1. The van der Waals surface area contributed by atoms with Crippen LogP contribution in [0.25, 0.3) is 0 Å². The van der Waals surface area contributed by atoms with Crippen LogP contribution in [0.3, 0.4) is 0 Å².